The molecule has 2 amide bonds. The number of fused-ring (bicyclic) bond motifs is 1. The highest BCUT2D eigenvalue weighted by Crippen LogP contribution is 2.34. The first-order valence-electron chi connectivity index (χ1n) is 14.1. The summed E-state index contributed by atoms with van der Waals surface area (Å²) >= 11 is 6.19. The normalized spacial score (nSPS) is 22.0. The molecule has 2 saturated heterocycles. The van der Waals surface area contributed by atoms with Crippen LogP contribution in [0.4, 0.5) is 0 Å². The van der Waals surface area contributed by atoms with Crippen molar-refractivity contribution in [3.63, 3.8) is 0 Å². The highest BCUT2D eigenvalue weighted by Gasteiger charge is 2.40. The molecule has 0 aromatic heterocycles. The van der Waals surface area contributed by atoms with Crippen LogP contribution in [0.3, 0.4) is 0 Å². The maximum absolute atomic E-state index is 13.7. The van der Waals surface area contributed by atoms with Gasteiger partial charge in [0.25, 0.3) is 0 Å². The summed E-state index contributed by atoms with van der Waals surface area (Å²) in [7, 11) is -4.06. The molecule has 0 aliphatic carbocycles. The summed E-state index contributed by atoms with van der Waals surface area (Å²) < 4.78 is 39.9. The number of carbonyl (C=O) groups excluding carboxylic acids is 2. The second-order valence-electron chi connectivity index (χ2n) is 10.9. The lowest BCUT2D eigenvalue weighted by atomic mass is 9.98. The van der Waals surface area contributed by atoms with Crippen LogP contribution < -0.4 is 20.7 Å². The second kappa shape index (κ2) is 12.7. The molecular weight excluding hydrogens is 568 g/mol. The molecule has 2 fully saturated rings. The molecule has 0 spiro atoms. The van der Waals surface area contributed by atoms with E-state index in [-0.39, 0.29) is 30.4 Å². The fourth-order valence-electron chi connectivity index (χ4n) is 5.62. The minimum atomic E-state index is -4.06. The minimum Gasteiger partial charge on any atom is -0.493 e. The Balaban J connectivity index is 1.27. The fraction of sp³-hybridized carbons (Fsp3) is 0.517. The molecule has 5 rings (SSSR count). The third kappa shape index (κ3) is 6.70. The van der Waals surface area contributed by atoms with E-state index in [0.29, 0.717) is 41.8 Å². The Morgan fingerprint density at radius 1 is 1.10 bits per heavy atom. The molecule has 0 unspecified atom stereocenters. The quantitative estimate of drug-likeness (QED) is 0.423. The number of nitrogens with one attached hydrogen (secondary N) is 3. The first-order chi connectivity index (χ1) is 19.6. The zero-order valence-corrected chi connectivity index (χ0v) is 24.9. The van der Waals surface area contributed by atoms with Gasteiger partial charge in [-0.1, -0.05) is 23.7 Å². The molecule has 2 atom stereocenters. The van der Waals surface area contributed by atoms with Gasteiger partial charge >= 0.3 is 0 Å². The van der Waals surface area contributed by atoms with Crippen molar-refractivity contribution < 1.29 is 27.5 Å². The molecule has 10 nitrogen and oxygen atoms in total. The summed E-state index contributed by atoms with van der Waals surface area (Å²) in [5.74, 6) is -0.173. The molecule has 12 heteroatoms. The summed E-state index contributed by atoms with van der Waals surface area (Å²) in [6.07, 6.45) is 2.26. The van der Waals surface area contributed by atoms with E-state index in [4.69, 9.17) is 21.1 Å². The van der Waals surface area contributed by atoms with Crippen molar-refractivity contribution in [1.29, 1.82) is 0 Å². The van der Waals surface area contributed by atoms with E-state index in [2.05, 4.69) is 16.0 Å². The maximum atomic E-state index is 13.7. The number of piperazine rings is 1. The van der Waals surface area contributed by atoms with Gasteiger partial charge in [-0.2, -0.15) is 4.31 Å². The second-order valence-corrected chi connectivity index (χ2v) is 13.2. The van der Waals surface area contributed by atoms with Crippen LogP contribution in [0.25, 0.3) is 0 Å². The first-order valence-corrected chi connectivity index (χ1v) is 15.9. The number of hydrogen-bond acceptors (Lipinski definition) is 7. The van der Waals surface area contributed by atoms with Crippen molar-refractivity contribution in [2.45, 2.75) is 69.1 Å². The number of carbonyl (C=O) groups is 2. The number of nitrogens with zero attached hydrogens (tertiary/aromatic N) is 1. The predicted molar refractivity (Wildman–Crippen MR) is 154 cm³/mol. The monoisotopic (exact) mass is 604 g/mol. The summed E-state index contributed by atoms with van der Waals surface area (Å²) in [5, 5.41) is 9.76. The first kappa shape index (κ1) is 29.8. The van der Waals surface area contributed by atoms with Gasteiger partial charge in [0.1, 0.15) is 11.8 Å². The van der Waals surface area contributed by atoms with Crippen molar-refractivity contribution in [1.82, 2.24) is 20.3 Å². The number of aryl methyl sites for hydroxylation is 2. The summed E-state index contributed by atoms with van der Waals surface area (Å²) in [4.78, 5) is 26.2. The van der Waals surface area contributed by atoms with Gasteiger partial charge in [0.05, 0.1) is 24.0 Å². The molecule has 3 heterocycles. The van der Waals surface area contributed by atoms with Gasteiger partial charge in [0.15, 0.2) is 0 Å². The lowest BCUT2D eigenvalue weighted by Crippen LogP contribution is -2.58. The fourth-order valence-corrected chi connectivity index (χ4v) is 7.72. The topological polar surface area (TPSA) is 126 Å². The van der Waals surface area contributed by atoms with Crippen molar-refractivity contribution >= 4 is 33.4 Å². The van der Waals surface area contributed by atoms with Gasteiger partial charge in [-0.25, -0.2) is 8.42 Å². The number of benzene rings is 2. The van der Waals surface area contributed by atoms with Gasteiger partial charge in [-0.05, 0) is 61.6 Å². The lowest BCUT2D eigenvalue weighted by Gasteiger charge is -2.34. The number of hydrogen-bond donors (Lipinski definition) is 3. The van der Waals surface area contributed by atoms with Gasteiger partial charge in [0.2, 0.25) is 21.8 Å². The van der Waals surface area contributed by atoms with Crippen LogP contribution in [0.1, 0.15) is 54.0 Å². The zero-order chi connectivity index (χ0) is 29.1. The number of amides is 2. The molecule has 0 radical (unpaired) electrons. The van der Waals surface area contributed by atoms with Crippen LogP contribution in [-0.4, -0.2) is 69.5 Å². The van der Waals surface area contributed by atoms with E-state index in [1.54, 1.807) is 19.9 Å². The Morgan fingerprint density at radius 2 is 1.88 bits per heavy atom. The van der Waals surface area contributed by atoms with E-state index in [9.17, 15) is 18.0 Å². The van der Waals surface area contributed by atoms with Gasteiger partial charge in [0, 0.05) is 55.9 Å². The Bertz CT molecular complexity index is 1410. The number of rotatable bonds is 8. The predicted octanol–water partition coefficient (Wildman–Crippen LogP) is 2.74. The van der Waals surface area contributed by atoms with Crippen molar-refractivity contribution in [2.24, 2.45) is 0 Å². The minimum absolute atomic E-state index is 0.0674. The molecule has 2 aromatic rings. The van der Waals surface area contributed by atoms with Crippen LogP contribution >= 0.6 is 11.6 Å². The molecule has 41 heavy (non-hydrogen) atoms. The Hall–Kier alpha value is -2.70. The number of sulfonamides is 1. The van der Waals surface area contributed by atoms with Crippen molar-refractivity contribution in [3.05, 3.63) is 57.6 Å². The molecular formula is C29H37ClN4O6S. The molecule has 3 aliphatic rings. The van der Waals surface area contributed by atoms with E-state index in [0.717, 1.165) is 47.2 Å². The largest absolute Gasteiger partial charge is 0.493 e. The summed E-state index contributed by atoms with van der Waals surface area (Å²) in [6, 6.07) is 8.07. The molecule has 2 aromatic carbocycles. The van der Waals surface area contributed by atoms with Crippen LogP contribution in [0.2, 0.25) is 5.02 Å². The van der Waals surface area contributed by atoms with Crippen LogP contribution in [0, 0.1) is 13.8 Å². The van der Waals surface area contributed by atoms with Crippen LogP contribution in [0.15, 0.2) is 35.2 Å². The summed E-state index contributed by atoms with van der Waals surface area (Å²) in [6.45, 7) is 6.34. The Morgan fingerprint density at radius 3 is 2.66 bits per heavy atom. The average Bonchev–Trinajstić information content (AvgIpc) is 2.95. The highest BCUT2D eigenvalue weighted by atomic mass is 35.5. The van der Waals surface area contributed by atoms with Crippen molar-refractivity contribution in [2.75, 3.05) is 32.9 Å². The molecule has 0 saturated carbocycles. The third-order valence-electron chi connectivity index (χ3n) is 7.97. The van der Waals surface area contributed by atoms with Gasteiger partial charge in [-0.3, -0.25) is 9.59 Å². The molecule has 3 aliphatic heterocycles. The standard InChI is InChI=1S/C29H37ClN4O6S/c1-18-14-27(19(2)13-23(18)30)41(37,38)34-9-8-31-29(36)25(34)16-28(35)33-24-7-12-40-26-15-20(3-4-22(24)26)17-32-21-5-10-39-11-6-21/h3-4,13-15,21,24-25,32H,5-12,16-17H2,1-2H3,(H,31,36)(H,33,35)/t24-,25-/m1/s1. The highest BCUT2D eigenvalue weighted by molar-refractivity contribution is 7.89. The van der Waals surface area contributed by atoms with Gasteiger partial charge in [-0.15, -0.1) is 0 Å². The third-order valence-corrected chi connectivity index (χ3v) is 10.4. The molecule has 222 valence electrons. The zero-order valence-electron chi connectivity index (χ0n) is 23.4. The van der Waals surface area contributed by atoms with Crippen LogP contribution in [0.5, 0.6) is 5.75 Å². The van der Waals surface area contributed by atoms with Gasteiger partial charge < -0.3 is 25.4 Å². The average molecular weight is 605 g/mol. The molecule has 0 bridgehead atoms. The van der Waals surface area contributed by atoms with Crippen molar-refractivity contribution in [3.8, 4) is 5.75 Å². The smallest absolute Gasteiger partial charge is 0.244 e. The SMILES string of the molecule is Cc1cc(S(=O)(=O)N2CCNC(=O)[C@H]2CC(=O)N[C@@H]2CCOc3cc(CNC4CCOCC4)ccc32)c(C)cc1Cl. The molecule has 3 N–H and O–H groups in total. The van der Waals surface area contributed by atoms with E-state index in [1.165, 1.54) is 6.07 Å². The Labute approximate surface area is 246 Å². The van der Waals surface area contributed by atoms with E-state index >= 15 is 0 Å². The number of ether oxygens (including phenoxy) is 2. The maximum Gasteiger partial charge on any atom is 0.244 e. The van der Waals surface area contributed by atoms with E-state index < -0.39 is 27.9 Å². The lowest BCUT2D eigenvalue weighted by molar-refractivity contribution is -0.132. The summed E-state index contributed by atoms with van der Waals surface area (Å²) in [5.41, 5.74) is 3.06. The van der Waals surface area contributed by atoms with Crippen LogP contribution in [-0.2, 0) is 30.9 Å². The number of halogens is 1. The Kier molecular flexibility index (Phi) is 9.20. The van der Waals surface area contributed by atoms with E-state index in [1.807, 2.05) is 18.2 Å².